The number of H-pyrrole nitrogens is 1. The first-order valence-corrected chi connectivity index (χ1v) is 12.7. The number of fused-ring (bicyclic) bond motifs is 2. The number of nitrogens with one attached hydrogen (secondary N) is 1. The summed E-state index contributed by atoms with van der Waals surface area (Å²) in [5.41, 5.74) is 5.79. The fraction of sp³-hybridized carbons (Fsp3) is 0.267. The predicted molar refractivity (Wildman–Crippen MR) is 144 cm³/mol. The van der Waals surface area contributed by atoms with Gasteiger partial charge in [-0.2, -0.15) is 0 Å². The highest BCUT2D eigenvalue weighted by molar-refractivity contribution is 6.01. The normalized spacial score (nSPS) is 15.2. The van der Waals surface area contributed by atoms with Gasteiger partial charge in [0.1, 0.15) is 5.82 Å². The van der Waals surface area contributed by atoms with Gasteiger partial charge in [-0.15, -0.1) is 0 Å². The van der Waals surface area contributed by atoms with E-state index in [4.69, 9.17) is 9.97 Å². The minimum absolute atomic E-state index is 0.165. The average Bonchev–Trinajstić information content (AvgIpc) is 3.34. The van der Waals surface area contributed by atoms with Crippen molar-refractivity contribution in [3.63, 3.8) is 0 Å². The van der Waals surface area contributed by atoms with Crippen LogP contribution in [0.2, 0.25) is 0 Å². The molecule has 0 aliphatic heterocycles. The van der Waals surface area contributed by atoms with Crippen molar-refractivity contribution in [1.29, 1.82) is 0 Å². The zero-order valence-corrected chi connectivity index (χ0v) is 21.0. The third-order valence-corrected chi connectivity index (χ3v) is 6.97. The maximum Gasteiger partial charge on any atom is 0.260 e. The zero-order chi connectivity index (χ0) is 25.6. The Morgan fingerprint density at radius 3 is 2.70 bits per heavy atom. The molecule has 7 nitrogen and oxygen atoms in total. The average molecular weight is 494 g/mol. The minimum Gasteiger partial charge on any atom is -0.341 e. The van der Waals surface area contributed by atoms with Crippen LogP contribution in [0.4, 0.5) is 0 Å². The lowest BCUT2D eigenvalue weighted by Crippen LogP contribution is -2.33. The van der Waals surface area contributed by atoms with Crippen LogP contribution in [0.3, 0.4) is 0 Å². The number of para-hydroxylation sites is 2. The molecule has 7 heteroatoms. The predicted octanol–water partition coefficient (Wildman–Crippen LogP) is 5.00. The van der Waals surface area contributed by atoms with Crippen molar-refractivity contribution in [2.75, 3.05) is 13.1 Å². The second kappa shape index (κ2) is 11.3. The van der Waals surface area contributed by atoms with Crippen molar-refractivity contribution in [3.05, 3.63) is 107 Å². The van der Waals surface area contributed by atoms with Crippen LogP contribution < -0.4 is 0 Å². The Kier molecular flexibility index (Phi) is 7.51. The molecule has 4 aromatic rings. The monoisotopic (exact) mass is 493 g/mol. The van der Waals surface area contributed by atoms with Gasteiger partial charge in [-0.05, 0) is 61.6 Å². The molecule has 1 atom stereocenters. The topological polar surface area (TPSA) is 82.2 Å². The fourth-order valence-corrected chi connectivity index (χ4v) is 5.05. The minimum atomic E-state index is -0.290. The maximum atomic E-state index is 12.9. The van der Waals surface area contributed by atoms with Gasteiger partial charge in [-0.1, -0.05) is 48.6 Å². The molecule has 0 saturated heterocycles. The van der Waals surface area contributed by atoms with E-state index in [9.17, 15) is 9.59 Å². The molecule has 5 rings (SSSR count). The van der Waals surface area contributed by atoms with Crippen LogP contribution in [0.1, 0.15) is 51.9 Å². The van der Waals surface area contributed by atoms with Gasteiger partial charge in [0, 0.05) is 24.8 Å². The first kappa shape index (κ1) is 24.6. The van der Waals surface area contributed by atoms with Gasteiger partial charge in [0.05, 0.1) is 29.3 Å². The third-order valence-electron chi connectivity index (χ3n) is 6.97. The Morgan fingerprint density at radius 1 is 1.05 bits per heavy atom. The number of imide groups is 1. The first-order valence-electron chi connectivity index (χ1n) is 12.7. The molecule has 188 valence electrons. The number of benzene rings is 2. The van der Waals surface area contributed by atoms with E-state index in [1.165, 1.54) is 10.5 Å². The van der Waals surface area contributed by atoms with E-state index in [1.54, 1.807) is 6.07 Å². The second-order valence-corrected chi connectivity index (χ2v) is 9.44. The highest BCUT2D eigenvalue weighted by Gasteiger charge is 2.27. The summed E-state index contributed by atoms with van der Waals surface area (Å²) in [7, 11) is 0. The lowest BCUT2D eigenvalue weighted by Gasteiger charge is -2.34. The van der Waals surface area contributed by atoms with Crippen LogP contribution in [0.25, 0.3) is 11.0 Å². The summed E-state index contributed by atoms with van der Waals surface area (Å²) in [5, 5.41) is 0. The van der Waals surface area contributed by atoms with Crippen LogP contribution in [-0.4, -0.2) is 50.2 Å². The fourth-order valence-electron chi connectivity index (χ4n) is 5.05. The van der Waals surface area contributed by atoms with Crippen LogP contribution >= 0.6 is 0 Å². The summed E-state index contributed by atoms with van der Waals surface area (Å²) in [6.07, 6.45) is 9.55. The molecule has 1 unspecified atom stereocenters. The zero-order valence-electron chi connectivity index (χ0n) is 21.0. The van der Waals surface area contributed by atoms with E-state index in [0.717, 1.165) is 47.4 Å². The van der Waals surface area contributed by atoms with Crippen molar-refractivity contribution >= 4 is 23.4 Å². The molecule has 0 saturated carbocycles. The van der Waals surface area contributed by atoms with Gasteiger partial charge in [0.15, 0.2) is 0 Å². The summed E-state index contributed by atoms with van der Waals surface area (Å²) in [5.74, 6) is 0.615. The van der Waals surface area contributed by atoms with Gasteiger partial charge in [-0.3, -0.25) is 24.4 Å². The molecule has 37 heavy (non-hydrogen) atoms. The molecule has 0 radical (unpaired) electrons. The summed E-state index contributed by atoms with van der Waals surface area (Å²) < 4.78 is 0. The summed E-state index contributed by atoms with van der Waals surface area (Å²) in [4.78, 5) is 41.1. The highest BCUT2D eigenvalue weighted by atomic mass is 16.2. The van der Waals surface area contributed by atoms with Gasteiger partial charge in [0.25, 0.3) is 5.91 Å². The van der Waals surface area contributed by atoms with E-state index in [2.05, 4.69) is 16.0 Å². The van der Waals surface area contributed by atoms with Gasteiger partial charge >= 0.3 is 0 Å². The number of rotatable bonds is 9. The molecule has 0 fully saturated rings. The molecule has 2 heterocycles. The number of aromatic nitrogens is 3. The van der Waals surface area contributed by atoms with Crippen LogP contribution in [0, 0.1) is 6.92 Å². The second-order valence-electron chi connectivity index (χ2n) is 9.44. The number of carbonyl (C=O) groups is 2. The number of hydrogen-bond acceptors (Lipinski definition) is 5. The van der Waals surface area contributed by atoms with E-state index < -0.39 is 0 Å². The standard InChI is InChI=1S/C30H31N5O2/c1-22-10-2-3-13-24(22)30(37)35(21-36)19-7-6-18-34(20-28-32-25-14-4-5-15-26(25)33-28)27-16-8-11-23-12-9-17-31-29(23)27/h2-7,9-10,12-15,17,21,27H,8,11,16,18-20H2,1H3,(H,32,33)/b7-6+. The van der Waals surface area contributed by atoms with E-state index in [1.807, 2.05) is 73.8 Å². The number of pyridine rings is 1. The largest absolute Gasteiger partial charge is 0.341 e. The van der Waals surface area contributed by atoms with Crippen LogP contribution in [0.5, 0.6) is 0 Å². The number of nitrogens with zero attached hydrogens (tertiary/aromatic N) is 4. The Bertz CT molecular complexity index is 1390. The molecule has 1 aliphatic rings. The van der Waals surface area contributed by atoms with Crippen molar-refractivity contribution in [2.45, 2.75) is 38.8 Å². The number of aromatic amines is 1. The molecular formula is C30H31N5O2. The third kappa shape index (κ3) is 5.52. The lowest BCUT2D eigenvalue weighted by atomic mass is 9.90. The van der Waals surface area contributed by atoms with Gasteiger partial charge in [-0.25, -0.2) is 4.98 Å². The molecule has 0 bridgehead atoms. The quantitative estimate of drug-likeness (QED) is 0.262. The Balaban J connectivity index is 1.34. The number of aryl methyl sites for hydroxylation is 2. The molecule has 2 aromatic carbocycles. The van der Waals surface area contributed by atoms with E-state index >= 15 is 0 Å². The first-order chi connectivity index (χ1) is 18.1. The Morgan fingerprint density at radius 2 is 1.86 bits per heavy atom. The Hall–Kier alpha value is -4.10. The summed E-state index contributed by atoms with van der Waals surface area (Å²) >= 11 is 0. The van der Waals surface area contributed by atoms with Crippen LogP contribution in [0.15, 0.2) is 79.0 Å². The summed E-state index contributed by atoms with van der Waals surface area (Å²) in [6, 6.07) is 19.7. The summed E-state index contributed by atoms with van der Waals surface area (Å²) in [6.45, 7) is 3.37. The lowest BCUT2D eigenvalue weighted by molar-refractivity contribution is -0.115. The molecule has 1 N–H and O–H groups in total. The SMILES string of the molecule is Cc1ccccc1C(=O)N(C=O)C/C=C/CN(Cc1nc2ccccc2[nH]1)C1CCCc2cccnc21. The van der Waals surface area contributed by atoms with Gasteiger partial charge < -0.3 is 4.98 Å². The smallest absolute Gasteiger partial charge is 0.260 e. The highest BCUT2D eigenvalue weighted by Crippen LogP contribution is 2.33. The molecule has 2 amide bonds. The number of hydrogen-bond donors (Lipinski definition) is 1. The number of imidazole rings is 1. The number of amides is 2. The molecule has 2 aromatic heterocycles. The van der Waals surface area contributed by atoms with Crippen LogP contribution in [-0.2, 0) is 17.8 Å². The molecular weight excluding hydrogens is 462 g/mol. The molecule has 0 spiro atoms. The van der Waals surface area contributed by atoms with Crippen molar-refractivity contribution in [3.8, 4) is 0 Å². The van der Waals surface area contributed by atoms with Gasteiger partial charge in [0.2, 0.25) is 6.41 Å². The maximum absolute atomic E-state index is 12.9. The van der Waals surface area contributed by atoms with Crippen molar-refractivity contribution in [2.24, 2.45) is 0 Å². The van der Waals surface area contributed by atoms with E-state index in [0.29, 0.717) is 25.1 Å². The van der Waals surface area contributed by atoms with Crippen molar-refractivity contribution in [1.82, 2.24) is 24.8 Å². The Labute approximate surface area is 216 Å². The number of carbonyl (C=O) groups excluding carboxylic acids is 2. The molecule has 1 aliphatic carbocycles. The van der Waals surface area contributed by atoms with E-state index in [-0.39, 0.29) is 18.5 Å². The van der Waals surface area contributed by atoms with Crippen molar-refractivity contribution < 1.29 is 9.59 Å².